The van der Waals surface area contributed by atoms with Gasteiger partial charge in [0.15, 0.2) is 0 Å². The van der Waals surface area contributed by atoms with Gasteiger partial charge in [0.05, 0.1) is 12.0 Å². The highest BCUT2D eigenvalue weighted by Gasteiger charge is 2.30. The van der Waals surface area contributed by atoms with E-state index < -0.39 is 0 Å². The Morgan fingerprint density at radius 1 is 1.47 bits per heavy atom. The quantitative estimate of drug-likeness (QED) is 0.856. The lowest BCUT2D eigenvalue weighted by Gasteiger charge is -2.21. The van der Waals surface area contributed by atoms with Gasteiger partial charge in [-0.05, 0) is 38.6 Å². The zero-order chi connectivity index (χ0) is 11.8. The number of hydrogen-bond acceptors (Lipinski definition) is 3. The molecule has 2 heterocycles. The van der Waals surface area contributed by atoms with E-state index in [0.717, 1.165) is 25.7 Å². The highest BCUT2D eigenvalue weighted by molar-refractivity contribution is 5.04. The molecule has 3 rings (SSSR count). The second kappa shape index (κ2) is 4.42. The molecule has 17 heavy (non-hydrogen) atoms. The Balaban J connectivity index is 1.68. The van der Waals surface area contributed by atoms with Crippen LogP contribution in [0, 0.1) is 5.92 Å². The topological polar surface area (TPSA) is 47.1 Å². The summed E-state index contributed by atoms with van der Waals surface area (Å²) in [7, 11) is 0. The Labute approximate surface area is 103 Å². The van der Waals surface area contributed by atoms with Crippen molar-refractivity contribution in [3.8, 4) is 0 Å². The van der Waals surface area contributed by atoms with Gasteiger partial charge in [-0.2, -0.15) is 0 Å². The van der Waals surface area contributed by atoms with Crippen molar-refractivity contribution in [3.63, 3.8) is 0 Å². The van der Waals surface area contributed by atoms with Crippen LogP contribution in [0.5, 0.6) is 0 Å². The van der Waals surface area contributed by atoms with Crippen molar-refractivity contribution in [1.29, 1.82) is 0 Å². The Morgan fingerprint density at radius 3 is 2.94 bits per heavy atom. The fourth-order valence-electron chi connectivity index (χ4n) is 2.95. The molecule has 1 aromatic heterocycles. The lowest BCUT2D eigenvalue weighted by Crippen LogP contribution is -2.28. The number of likely N-dealkylation sites (tertiary alicyclic amines) is 1. The number of imidazole rings is 1. The second-order valence-corrected chi connectivity index (χ2v) is 5.64. The van der Waals surface area contributed by atoms with Crippen molar-refractivity contribution < 1.29 is 0 Å². The van der Waals surface area contributed by atoms with Crippen molar-refractivity contribution in [2.75, 3.05) is 13.1 Å². The van der Waals surface area contributed by atoms with E-state index in [9.17, 15) is 0 Å². The molecular weight excluding hydrogens is 212 g/mol. The highest BCUT2D eigenvalue weighted by atomic mass is 15.2. The normalized spacial score (nSPS) is 30.0. The molecule has 0 spiro atoms. The Morgan fingerprint density at radius 2 is 2.29 bits per heavy atom. The van der Waals surface area contributed by atoms with E-state index in [4.69, 9.17) is 5.73 Å². The van der Waals surface area contributed by atoms with Gasteiger partial charge in [-0.25, -0.2) is 4.98 Å². The van der Waals surface area contributed by atoms with Crippen LogP contribution >= 0.6 is 0 Å². The van der Waals surface area contributed by atoms with Gasteiger partial charge in [-0.1, -0.05) is 0 Å². The van der Waals surface area contributed by atoms with Crippen LogP contribution in [0.15, 0.2) is 12.5 Å². The number of rotatable bonds is 4. The molecule has 1 saturated heterocycles. The summed E-state index contributed by atoms with van der Waals surface area (Å²) >= 11 is 0. The van der Waals surface area contributed by atoms with Gasteiger partial charge in [-0.15, -0.1) is 0 Å². The van der Waals surface area contributed by atoms with Crippen LogP contribution < -0.4 is 5.73 Å². The summed E-state index contributed by atoms with van der Waals surface area (Å²) in [6.45, 7) is 5.32. The lowest BCUT2D eigenvalue weighted by molar-refractivity contribution is 0.249. The molecule has 2 N–H and O–H groups in total. The third-order valence-corrected chi connectivity index (χ3v) is 4.18. The van der Waals surface area contributed by atoms with Crippen LogP contribution in [0.4, 0.5) is 0 Å². The lowest BCUT2D eigenvalue weighted by atomic mass is 10.1. The zero-order valence-corrected chi connectivity index (χ0v) is 10.5. The van der Waals surface area contributed by atoms with Crippen molar-refractivity contribution in [2.24, 2.45) is 11.7 Å². The minimum Gasteiger partial charge on any atom is -0.330 e. The predicted molar refractivity (Wildman–Crippen MR) is 67.5 cm³/mol. The third-order valence-electron chi connectivity index (χ3n) is 4.18. The average Bonchev–Trinajstić information content (AvgIpc) is 2.97. The van der Waals surface area contributed by atoms with Crippen LogP contribution in [0.25, 0.3) is 0 Å². The monoisotopic (exact) mass is 234 g/mol. The van der Waals surface area contributed by atoms with Gasteiger partial charge in [0, 0.05) is 31.4 Å². The molecule has 1 aromatic rings. The van der Waals surface area contributed by atoms with Gasteiger partial charge in [0.25, 0.3) is 0 Å². The Kier molecular flexibility index (Phi) is 2.92. The van der Waals surface area contributed by atoms with Gasteiger partial charge in [0.2, 0.25) is 0 Å². The van der Waals surface area contributed by atoms with Crippen LogP contribution in [-0.2, 0) is 6.54 Å². The Hall–Kier alpha value is -0.870. The predicted octanol–water partition coefficient (Wildman–Crippen LogP) is 1.39. The fourth-order valence-corrected chi connectivity index (χ4v) is 2.95. The van der Waals surface area contributed by atoms with Crippen LogP contribution in [-0.4, -0.2) is 33.6 Å². The molecule has 0 aromatic carbocycles. The van der Waals surface area contributed by atoms with E-state index in [-0.39, 0.29) is 0 Å². The number of aromatic nitrogens is 2. The summed E-state index contributed by atoms with van der Waals surface area (Å²) in [6, 6.07) is 1.39. The summed E-state index contributed by atoms with van der Waals surface area (Å²) < 4.78 is 2.36. The molecule has 2 fully saturated rings. The molecule has 2 atom stereocenters. The molecule has 94 valence electrons. The largest absolute Gasteiger partial charge is 0.330 e. The fraction of sp³-hybridized carbons (Fsp3) is 0.769. The molecular formula is C13H22N4. The molecule has 1 aliphatic carbocycles. The third kappa shape index (κ3) is 2.24. The van der Waals surface area contributed by atoms with Crippen LogP contribution in [0.1, 0.15) is 37.9 Å². The van der Waals surface area contributed by atoms with Crippen molar-refractivity contribution >= 4 is 0 Å². The first-order valence-corrected chi connectivity index (χ1v) is 6.72. The smallest absolute Gasteiger partial charge is 0.0951 e. The summed E-state index contributed by atoms with van der Waals surface area (Å²) in [5, 5.41) is 0. The molecule has 1 aliphatic heterocycles. The summed E-state index contributed by atoms with van der Waals surface area (Å²) in [5.74, 6) is 0.683. The molecule has 4 heteroatoms. The Bertz CT molecular complexity index is 383. The van der Waals surface area contributed by atoms with E-state index in [1.807, 2.05) is 12.5 Å². The van der Waals surface area contributed by atoms with E-state index in [1.165, 1.54) is 25.0 Å². The van der Waals surface area contributed by atoms with Crippen molar-refractivity contribution in [1.82, 2.24) is 14.5 Å². The molecule has 2 aliphatic rings. The minimum atomic E-state index is 0.658. The summed E-state index contributed by atoms with van der Waals surface area (Å²) in [6.07, 6.45) is 7.91. The number of nitrogens with two attached hydrogens (primary N) is 1. The second-order valence-electron chi connectivity index (χ2n) is 5.64. The maximum absolute atomic E-state index is 5.78. The molecule has 0 radical (unpaired) electrons. The van der Waals surface area contributed by atoms with Gasteiger partial charge in [-0.3, -0.25) is 4.90 Å². The van der Waals surface area contributed by atoms with E-state index in [0.29, 0.717) is 12.0 Å². The number of nitrogens with zero attached hydrogens (tertiary/aromatic N) is 3. The molecule has 1 saturated carbocycles. The summed E-state index contributed by atoms with van der Waals surface area (Å²) in [5.41, 5.74) is 7.15. The first-order chi connectivity index (χ1) is 8.28. The summed E-state index contributed by atoms with van der Waals surface area (Å²) in [4.78, 5) is 6.85. The van der Waals surface area contributed by atoms with Gasteiger partial charge in [0.1, 0.15) is 0 Å². The number of hydrogen-bond donors (Lipinski definition) is 1. The molecule has 0 bridgehead atoms. The van der Waals surface area contributed by atoms with Gasteiger partial charge < -0.3 is 10.3 Å². The first kappa shape index (κ1) is 11.2. The SMILES string of the molecule is CC1CC(CN)CN1Cc1cncn1C1CC1. The molecule has 4 nitrogen and oxygen atoms in total. The van der Waals surface area contributed by atoms with Crippen LogP contribution in [0.3, 0.4) is 0 Å². The molecule has 2 unspecified atom stereocenters. The maximum atomic E-state index is 5.78. The standard InChI is InChI=1S/C13H22N4/c1-10-4-11(5-14)7-16(10)8-13-6-15-9-17(13)12-2-3-12/h6,9-12H,2-5,7-8,14H2,1H3. The first-order valence-electron chi connectivity index (χ1n) is 6.72. The zero-order valence-electron chi connectivity index (χ0n) is 10.5. The van der Waals surface area contributed by atoms with E-state index >= 15 is 0 Å². The maximum Gasteiger partial charge on any atom is 0.0951 e. The molecule has 0 amide bonds. The van der Waals surface area contributed by atoms with Crippen molar-refractivity contribution in [2.45, 2.75) is 44.8 Å². The minimum absolute atomic E-state index is 0.658. The van der Waals surface area contributed by atoms with E-state index in [1.54, 1.807) is 0 Å². The average molecular weight is 234 g/mol. The van der Waals surface area contributed by atoms with E-state index in [2.05, 4.69) is 21.4 Å². The highest BCUT2D eigenvalue weighted by Crippen LogP contribution is 2.36. The van der Waals surface area contributed by atoms with Crippen LogP contribution in [0.2, 0.25) is 0 Å². The van der Waals surface area contributed by atoms with Crippen molar-refractivity contribution in [3.05, 3.63) is 18.2 Å². The van der Waals surface area contributed by atoms with Gasteiger partial charge >= 0.3 is 0 Å².